The zero-order chi connectivity index (χ0) is 16.5. The van der Waals surface area contributed by atoms with Gasteiger partial charge in [0.25, 0.3) is 0 Å². The molecule has 22 heavy (non-hydrogen) atoms. The molecule has 8 heteroatoms. The summed E-state index contributed by atoms with van der Waals surface area (Å²) in [5, 5.41) is 21.6. The number of hydrogen-bond donors (Lipinski definition) is 4. The lowest BCUT2D eigenvalue weighted by atomic mass is 10.2. The Morgan fingerprint density at radius 2 is 1.18 bits per heavy atom. The molecule has 0 radical (unpaired) electrons. The molecule has 4 N–H and O–H groups in total. The van der Waals surface area contributed by atoms with Gasteiger partial charge in [-0.25, -0.2) is 9.59 Å². The lowest BCUT2D eigenvalue weighted by molar-refractivity contribution is -0.132. The largest absolute Gasteiger partial charge is 0.478 e. The van der Waals surface area contributed by atoms with E-state index in [1.54, 1.807) is 6.07 Å². The van der Waals surface area contributed by atoms with Crippen molar-refractivity contribution in [1.29, 1.82) is 0 Å². The summed E-state index contributed by atoms with van der Waals surface area (Å²) in [6.07, 6.45) is 3.09. The summed E-state index contributed by atoms with van der Waals surface area (Å²) in [6, 6.07) is 6.05. The van der Waals surface area contributed by atoms with Crippen molar-refractivity contribution in [1.82, 2.24) is 0 Å². The number of hydrogen-bond acceptors (Lipinski definition) is 4. The smallest absolute Gasteiger partial charge is 0.328 e. The zero-order valence-electron chi connectivity index (χ0n) is 11.1. The number of anilines is 2. The number of benzene rings is 1. The molecule has 1 aromatic carbocycles. The maximum atomic E-state index is 11.4. The van der Waals surface area contributed by atoms with Crippen LogP contribution < -0.4 is 10.6 Å². The summed E-state index contributed by atoms with van der Waals surface area (Å²) < 4.78 is 0. The van der Waals surface area contributed by atoms with Crippen LogP contribution in [0.25, 0.3) is 0 Å². The van der Waals surface area contributed by atoms with E-state index in [4.69, 9.17) is 10.2 Å². The Hall–Kier alpha value is -3.42. The van der Waals surface area contributed by atoms with Crippen molar-refractivity contribution < 1.29 is 29.4 Å². The van der Waals surface area contributed by atoms with Gasteiger partial charge in [0, 0.05) is 35.7 Å². The highest BCUT2D eigenvalue weighted by Crippen LogP contribution is 2.15. The van der Waals surface area contributed by atoms with Gasteiger partial charge in [0.15, 0.2) is 0 Å². The Labute approximate surface area is 124 Å². The molecule has 0 fully saturated rings. The molecule has 8 nitrogen and oxygen atoms in total. The normalized spacial score (nSPS) is 10.5. The van der Waals surface area contributed by atoms with Crippen LogP contribution >= 0.6 is 0 Å². The Bertz CT molecular complexity index is 610. The molecule has 0 bridgehead atoms. The molecule has 1 aromatic rings. The third-order valence-electron chi connectivity index (χ3n) is 2.15. The van der Waals surface area contributed by atoms with Crippen molar-refractivity contribution >= 4 is 35.1 Å². The molecule has 114 valence electrons. The van der Waals surface area contributed by atoms with E-state index in [2.05, 4.69) is 10.6 Å². The van der Waals surface area contributed by atoms with Crippen LogP contribution in [-0.2, 0) is 19.2 Å². The lowest BCUT2D eigenvalue weighted by Crippen LogP contribution is -2.11. The van der Waals surface area contributed by atoms with Gasteiger partial charge in [-0.05, 0) is 18.2 Å². The van der Waals surface area contributed by atoms with E-state index in [-0.39, 0.29) is 0 Å². The molecular weight excluding hydrogens is 292 g/mol. The molecule has 0 unspecified atom stereocenters. The first kappa shape index (κ1) is 16.6. The third-order valence-corrected chi connectivity index (χ3v) is 2.15. The molecule has 0 saturated heterocycles. The van der Waals surface area contributed by atoms with Crippen LogP contribution in [0, 0.1) is 0 Å². The van der Waals surface area contributed by atoms with Gasteiger partial charge < -0.3 is 20.8 Å². The second-order valence-electron chi connectivity index (χ2n) is 3.90. The molecule has 0 aliphatic heterocycles. The summed E-state index contributed by atoms with van der Waals surface area (Å²) in [6.45, 7) is 0. The maximum absolute atomic E-state index is 11.4. The quantitative estimate of drug-likeness (QED) is 0.576. The summed E-state index contributed by atoms with van der Waals surface area (Å²) in [4.78, 5) is 43.4. The van der Waals surface area contributed by atoms with E-state index < -0.39 is 23.8 Å². The highest BCUT2D eigenvalue weighted by molar-refractivity contribution is 6.04. The Morgan fingerprint density at radius 1 is 0.773 bits per heavy atom. The van der Waals surface area contributed by atoms with Crippen LogP contribution in [0.3, 0.4) is 0 Å². The van der Waals surface area contributed by atoms with E-state index in [1.807, 2.05) is 0 Å². The minimum Gasteiger partial charge on any atom is -0.478 e. The molecule has 0 aliphatic carbocycles. The first-order valence-electron chi connectivity index (χ1n) is 5.91. The molecule has 2 amide bonds. The highest BCUT2D eigenvalue weighted by Gasteiger charge is 2.02. The second-order valence-corrected chi connectivity index (χ2v) is 3.90. The number of amides is 2. The van der Waals surface area contributed by atoms with E-state index >= 15 is 0 Å². The summed E-state index contributed by atoms with van der Waals surface area (Å²) in [5.74, 6) is -3.78. The van der Waals surface area contributed by atoms with Gasteiger partial charge >= 0.3 is 11.9 Å². The van der Waals surface area contributed by atoms with Crippen molar-refractivity contribution in [2.75, 3.05) is 10.6 Å². The van der Waals surface area contributed by atoms with E-state index in [0.717, 1.165) is 12.2 Å². The number of carboxylic acids is 2. The number of carbonyl (C=O) groups excluding carboxylic acids is 2. The Kier molecular flexibility index (Phi) is 6.05. The van der Waals surface area contributed by atoms with Crippen molar-refractivity contribution in [3.63, 3.8) is 0 Å². The van der Waals surface area contributed by atoms with E-state index in [0.29, 0.717) is 23.5 Å². The van der Waals surface area contributed by atoms with Crippen molar-refractivity contribution in [3.05, 3.63) is 48.6 Å². The van der Waals surface area contributed by atoms with Crippen LogP contribution in [0.15, 0.2) is 48.6 Å². The number of nitrogens with one attached hydrogen (secondary N) is 2. The predicted octanol–water partition coefficient (Wildman–Crippen LogP) is 0.845. The molecule has 1 rings (SSSR count). The standard InChI is InChI=1S/C14H12N2O6/c17-11(4-6-13(19)20)15-9-2-1-3-10(8-9)16-12(18)5-7-14(21)22/h1-8H,(H,15,17)(H,16,18)(H,19,20)(H,21,22)/b6-4-,7-5-. The summed E-state index contributed by atoms with van der Waals surface area (Å²) >= 11 is 0. The van der Waals surface area contributed by atoms with Crippen LogP contribution in [0.1, 0.15) is 0 Å². The highest BCUT2D eigenvalue weighted by atomic mass is 16.4. The number of carbonyl (C=O) groups is 4. The van der Waals surface area contributed by atoms with Gasteiger partial charge in [0.05, 0.1) is 0 Å². The number of carboxylic acid groups (broad SMARTS) is 2. The van der Waals surface area contributed by atoms with Gasteiger partial charge in [0.2, 0.25) is 11.8 Å². The second kappa shape index (κ2) is 8.00. The van der Waals surface area contributed by atoms with Crippen molar-refractivity contribution in [2.24, 2.45) is 0 Å². The van der Waals surface area contributed by atoms with E-state index in [9.17, 15) is 19.2 Å². The first-order valence-corrected chi connectivity index (χ1v) is 5.91. The fourth-order valence-electron chi connectivity index (χ4n) is 1.34. The van der Waals surface area contributed by atoms with Crippen LogP contribution in [0.2, 0.25) is 0 Å². The monoisotopic (exact) mass is 304 g/mol. The average molecular weight is 304 g/mol. The molecule has 0 heterocycles. The van der Waals surface area contributed by atoms with Gasteiger partial charge in [0.1, 0.15) is 0 Å². The maximum Gasteiger partial charge on any atom is 0.328 e. The van der Waals surface area contributed by atoms with Crippen LogP contribution in [0.4, 0.5) is 11.4 Å². The average Bonchev–Trinajstić information content (AvgIpc) is 2.43. The van der Waals surface area contributed by atoms with Gasteiger partial charge in [-0.15, -0.1) is 0 Å². The SMILES string of the molecule is O=C(O)/C=C\C(=O)Nc1cccc(NC(=O)/C=C\C(=O)O)c1. The van der Waals surface area contributed by atoms with Crippen molar-refractivity contribution in [3.8, 4) is 0 Å². The minimum atomic E-state index is -1.25. The summed E-state index contributed by atoms with van der Waals surface area (Å²) in [5.41, 5.74) is 0.667. The Morgan fingerprint density at radius 3 is 1.55 bits per heavy atom. The Balaban J connectivity index is 2.70. The lowest BCUT2D eigenvalue weighted by Gasteiger charge is -2.06. The molecule has 0 spiro atoms. The third kappa shape index (κ3) is 6.66. The van der Waals surface area contributed by atoms with Crippen LogP contribution in [-0.4, -0.2) is 34.0 Å². The minimum absolute atomic E-state index is 0.333. The fraction of sp³-hybridized carbons (Fsp3) is 0. The van der Waals surface area contributed by atoms with E-state index in [1.165, 1.54) is 18.2 Å². The van der Waals surface area contributed by atoms with Crippen molar-refractivity contribution in [2.45, 2.75) is 0 Å². The predicted molar refractivity (Wildman–Crippen MR) is 77.3 cm³/mol. The molecular formula is C14H12N2O6. The molecule has 0 atom stereocenters. The first-order chi connectivity index (χ1) is 10.4. The summed E-state index contributed by atoms with van der Waals surface area (Å²) in [7, 11) is 0. The molecule has 0 aliphatic rings. The zero-order valence-corrected chi connectivity index (χ0v) is 11.1. The molecule has 0 aromatic heterocycles. The topological polar surface area (TPSA) is 133 Å². The number of aliphatic carboxylic acids is 2. The van der Waals surface area contributed by atoms with Gasteiger partial charge in [-0.3, -0.25) is 9.59 Å². The fourth-order valence-corrected chi connectivity index (χ4v) is 1.34. The van der Waals surface area contributed by atoms with Gasteiger partial charge in [-0.2, -0.15) is 0 Å². The van der Waals surface area contributed by atoms with Gasteiger partial charge in [-0.1, -0.05) is 6.07 Å². The van der Waals surface area contributed by atoms with Crippen LogP contribution in [0.5, 0.6) is 0 Å². The number of rotatable bonds is 6. The molecule has 0 saturated carbocycles.